The van der Waals surface area contributed by atoms with Crippen LogP contribution in [-0.4, -0.2) is 34.5 Å². The van der Waals surface area contributed by atoms with E-state index in [0.29, 0.717) is 26.2 Å². The molecule has 0 spiro atoms. The van der Waals surface area contributed by atoms with Gasteiger partial charge in [0.2, 0.25) is 0 Å². The van der Waals surface area contributed by atoms with E-state index in [2.05, 4.69) is 0 Å². The molecule has 4 rings (SSSR count). The van der Waals surface area contributed by atoms with Crippen LogP contribution in [0.1, 0.15) is 11.4 Å². The van der Waals surface area contributed by atoms with Crippen LogP contribution in [-0.2, 0) is 13.0 Å². The quantitative estimate of drug-likeness (QED) is 0.717. The summed E-state index contributed by atoms with van der Waals surface area (Å²) >= 11 is 0. The van der Waals surface area contributed by atoms with E-state index < -0.39 is 0 Å². The van der Waals surface area contributed by atoms with Crippen LogP contribution >= 0.6 is 0 Å². The first-order valence-corrected chi connectivity index (χ1v) is 7.98. The molecule has 0 radical (unpaired) electrons. The maximum Gasteiger partial charge on any atom is 0.163 e. The number of ether oxygens (including phenoxy) is 2. The van der Waals surface area contributed by atoms with E-state index in [9.17, 15) is 5.11 Å². The van der Waals surface area contributed by atoms with Gasteiger partial charge in [0.15, 0.2) is 11.5 Å². The molecule has 2 aromatic carbocycles. The second kappa shape index (κ2) is 6.05. The highest BCUT2D eigenvalue weighted by Gasteiger charge is 2.18. The van der Waals surface area contributed by atoms with Crippen molar-refractivity contribution < 1.29 is 14.6 Å². The second-order valence-corrected chi connectivity index (χ2v) is 5.81. The lowest BCUT2D eigenvalue weighted by molar-refractivity contribution is 0.172. The minimum atomic E-state index is 0.0502. The van der Waals surface area contributed by atoms with Crippen molar-refractivity contribution in [2.45, 2.75) is 13.0 Å². The average molecular weight is 325 g/mol. The lowest BCUT2D eigenvalue weighted by atomic mass is 10.1. The molecule has 0 aliphatic carbocycles. The minimum Gasteiger partial charge on any atom is -0.486 e. The summed E-state index contributed by atoms with van der Waals surface area (Å²) in [5, 5.41) is 9.44. The summed E-state index contributed by atoms with van der Waals surface area (Å²) in [5.41, 5.74) is 9.40. The van der Waals surface area contributed by atoms with Gasteiger partial charge in [-0.15, -0.1) is 0 Å². The number of imidazole rings is 1. The summed E-state index contributed by atoms with van der Waals surface area (Å²) in [4.78, 5) is 4.74. The number of nitrogens with two attached hydrogens (primary N) is 1. The summed E-state index contributed by atoms with van der Waals surface area (Å²) in [7, 11) is 0. The number of benzene rings is 2. The number of nitrogens with zero attached hydrogens (tertiary/aromatic N) is 2. The third-order valence-electron chi connectivity index (χ3n) is 4.16. The lowest BCUT2D eigenvalue weighted by Crippen LogP contribution is -2.15. The van der Waals surface area contributed by atoms with E-state index in [1.165, 1.54) is 0 Å². The van der Waals surface area contributed by atoms with E-state index in [-0.39, 0.29) is 6.61 Å². The van der Waals surface area contributed by atoms with Crippen LogP contribution in [0.25, 0.3) is 11.0 Å². The van der Waals surface area contributed by atoms with Crippen LogP contribution in [0.3, 0.4) is 0 Å². The summed E-state index contributed by atoms with van der Waals surface area (Å²) in [5.74, 6) is 2.35. The normalized spacial score (nSPS) is 13.4. The van der Waals surface area contributed by atoms with Gasteiger partial charge in [0, 0.05) is 30.8 Å². The molecule has 3 N–H and O–H groups in total. The third kappa shape index (κ3) is 2.65. The molecule has 0 amide bonds. The lowest BCUT2D eigenvalue weighted by Gasteiger charge is -2.18. The van der Waals surface area contributed by atoms with Gasteiger partial charge in [-0.3, -0.25) is 0 Å². The molecule has 2 heterocycles. The first kappa shape index (κ1) is 14.8. The van der Waals surface area contributed by atoms with Crippen molar-refractivity contribution in [2.24, 2.45) is 0 Å². The fraction of sp³-hybridized carbons (Fsp3) is 0.278. The Morgan fingerprint density at radius 1 is 1.08 bits per heavy atom. The molecule has 3 aromatic rings. The Kier molecular flexibility index (Phi) is 3.74. The predicted octanol–water partition coefficient (Wildman–Crippen LogP) is 1.97. The fourth-order valence-corrected chi connectivity index (χ4v) is 3.01. The number of anilines is 1. The molecule has 1 aliphatic rings. The molecule has 6 heteroatoms. The van der Waals surface area contributed by atoms with E-state index in [0.717, 1.165) is 39.6 Å². The molecule has 0 unspecified atom stereocenters. The maximum absolute atomic E-state index is 9.44. The first-order chi connectivity index (χ1) is 11.7. The maximum atomic E-state index is 9.44. The average Bonchev–Trinajstić information content (AvgIpc) is 2.92. The van der Waals surface area contributed by atoms with Gasteiger partial charge >= 0.3 is 0 Å². The Bertz CT molecular complexity index is 871. The molecule has 0 fully saturated rings. The van der Waals surface area contributed by atoms with Gasteiger partial charge in [0.1, 0.15) is 19.0 Å². The van der Waals surface area contributed by atoms with Crippen LogP contribution < -0.4 is 15.2 Å². The van der Waals surface area contributed by atoms with Crippen molar-refractivity contribution in [3.05, 3.63) is 47.8 Å². The third-order valence-corrected chi connectivity index (χ3v) is 4.16. The van der Waals surface area contributed by atoms with Gasteiger partial charge in [0.05, 0.1) is 17.6 Å². The van der Waals surface area contributed by atoms with Gasteiger partial charge in [-0.25, -0.2) is 4.98 Å². The Hall–Kier alpha value is -2.73. The first-order valence-electron chi connectivity index (χ1n) is 7.98. The molecular formula is C18H19N3O3. The summed E-state index contributed by atoms with van der Waals surface area (Å²) in [6, 6.07) is 11.6. The molecule has 24 heavy (non-hydrogen) atoms. The molecule has 0 bridgehead atoms. The SMILES string of the molecule is Nc1ccc(Cc2nc3cc4c(cc3n2CCO)OCCO4)cc1. The zero-order valence-electron chi connectivity index (χ0n) is 13.2. The highest BCUT2D eigenvalue weighted by molar-refractivity contribution is 5.81. The molecule has 6 nitrogen and oxygen atoms in total. The van der Waals surface area contributed by atoms with Crippen molar-refractivity contribution >= 4 is 16.7 Å². The largest absolute Gasteiger partial charge is 0.486 e. The smallest absolute Gasteiger partial charge is 0.163 e. The Labute approximate surface area is 139 Å². The predicted molar refractivity (Wildman–Crippen MR) is 91.5 cm³/mol. The summed E-state index contributed by atoms with van der Waals surface area (Å²) in [6.45, 7) is 1.63. The number of hydrogen-bond acceptors (Lipinski definition) is 5. The topological polar surface area (TPSA) is 82.5 Å². The number of rotatable bonds is 4. The van der Waals surface area contributed by atoms with Gasteiger partial charge in [-0.2, -0.15) is 0 Å². The van der Waals surface area contributed by atoms with Crippen molar-refractivity contribution in [3.8, 4) is 11.5 Å². The van der Waals surface area contributed by atoms with Crippen molar-refractivity contribution in [1.29, 1.82) is 0 Å². The Morgan fingerprint density at radius 2 is 1.79 bits per heavy atom. The number of hydrogen-bond donors (Lipinski definition) is 2. The van der Waals surface area contributed by atoms with E-state index in [4.69, 9.17) is 20.2 Å². The number of nitrogen functional groups attached to an aromatic ring is 1. The minimum absolute atomic E-state index is 0.0502. The van der Waals surface area contributed by atoms with E-state index >= 15 is 0 Å². The number of aliphatic hydroxyl groups excluding tert-OH is 1. The van der Waals surface area contributed by atoms with Crippen LogP contribution in [0.5, 0.6) is 11.5 Å². The van der Waals surface area contributed by atoms with Crippen LogP contribution in [0, 0.1) is 0 Å². The van der Waals surface area contributed by atoms with Gasteiger partial charge < -0.3 is 24.9 Å². The Morgan fingerprint density at radius 3 is 2.50 bits per heavy atom. The van der Waals surface area contributed by atoms with Crippen molar-refractivity contribution in [1.82, 2.24) is 9.55 Å². The second-order valence-electron chi connectivity index (χ2n) is 5.81. The summed E-state index contributed by atoms with van der Waals surface area (Å²) < 4.78 is 13.3. The van der Waals surface area contributed by atoms with E-state index in [1.807, 2.05) is 41.0 Å². The molecular weight excluding hydrogens is 306 g/mol. The number of aromatic nitrogens is 2. The fourth-order valence-electron chi connectivity index (χ4n) is 3.01. The molecule has 1 aliphatic heterocycles. The van der Waals surface area contributed by atoms with Crippen molar-refractivity contribution in [3.63, 3.8) is 0 Å². The van der Waals surface area contributed by atoms with Gasteiger partial charge in [-0.05, 0) is 17.7 Å². The molecule has 0 saturated heterocycles. The monoisotopic (exact) mass is 325 g/mol. The van der Waals surface area contributed by atoms with Crippen molar-refractivity contribution in [2.75, 3.05) is 25.6 Å². The van der Waals surface area contributed by atoms with Crippen LogP contribution in [0.15, 0.2) is 36.4 Å². The van der Waals surface area contributed by atoms with Crippen LogP contribution in [0.2, 0.25) is 0 Å². The number of fused-ring (bicyclic) bond motifs is 2. The van der Waals surface area contributed by atoms with Gasteiger partial charge in [0.25, 0.3) is 0 Å². The Balaban J connectivity index is 1.78. The highest BCUT2D eigenvalue weighted by atomic mass is 16.6. The van der Waals surface area contributed by atoms with Crippen LogP contribution in [0.4, 0.5) is 5.69 Å². The zero-order chi connectivity index (χ0) is 16.5. The molecule has 124 valence electrons. The number of aliphatic hydroxyl groups is 1. The highest BCUT2D eigenvalue weighted by Crippen LogP contribution is 2.35. The van der Waals surface area contributed by atoms with Gasteiger partial charge in [-0.1, -0.05) is 12.1 Å². The molecule has 0 atom stereocenters. The summed E-state index contributed by atoms with van der Waals surface area (Å²) in [6.07, 6.45) is 0.668. The standard InChI is InChI=1S/C18H19N3O3/c19-13-3-1-12(2-4-13)9-18-20-14-10-16-17(24-8-7-23-16)11-15(14)21(18)5-6-22/h1-4,10-11,22H,5-9,19H2. The zero-order valence-corrected chi connectivity index (χ0v) is 13.2. The van der Waals surface area contributed by atoms with E-state index in [1.54, 1.807) is 0 Å². The molecule has 1 aromatic heterocycles. The molecule has 0 saturated carbocycles.